The predicted octanol–water partition coefficient (Wildman–Crippen LogP) is 2.86. The van der Waals surface area contributed by atoms with E-state index in [2.05, 4.69) is 23.6 Å². The molecule has 0 spiro atoms. The van der Waals surface area contributed by atoms with Gasteiger partial charge in [0.1, 0.15) is 0 Å². The highest BCUT2D eigenvalue weighted by atomic mass is 35.5. The first kappa shape index (κ1) is 17.3. The van der Waals surface area contributed by atoms with Crippen molar-refractivity contribution in [2.24, 2.45) is 0 Å². The summed E-state index contributed by atoms with van der Waals surface area (Å²) >= 11 is 6.30. The van der Waals surface area contributed by atoms with Gasteiger partial charge in [-0.25, -0.2) is 4.79 Å². The minimum atomic E-state index is -0.353. The minimum absolute atomic E-state index is 0.353. The molecule has 4 nitrogen and oxygen atoms in total. The molecule has 1 aliphatic rings. The Balaban J connectivity index is 1.91. The van der Waals surface area contributed by atoms with Gasteiger partial charge in [-0.3, -0.25) is 4.90 Å². The number of carbonyl (C=O) groups excluding carboxylic acids is 1. The van der Waals surface area contributed by atoms with Crippen LogP contribution in [-0.2, 0) is 11.3 Å². The number of rotatable bonds is 5. The maximum absolute atomic E-state index is 11.5. The van der Waals surface area contributed by atoms with Crippen molar-refractivity contribution < 1.29 is 9.53 Å². The Bertz CT molecular complexity index is 511. The second-order valence-corrected chi connectivity index (χ2v) is 6.46. The van der Waals surface area contributed by atoms with Gasteiger partial charge in [-0.05, 0) is 23.6 Å². The number of benzene rings is 1. The standard InChI is InChI=1S/C17H24ClN2O2/c1-13(2)11-19-6-8-20(9-7-19)12-15-5-4-14(10-16(15)18)17(21)22-3/h4-5,10H,6-9,11-12H2,1-3H3. The normalized spacial score (nSPS) is 17.0. The zero-order valence-electron chi connectivity index (χ0n) is 13.6. The summed E-state index contributed by atoms with van der Waals surface area (Å²) in [4.78, 5) is 16.4. The third-order valence-electron chi connectivity index (χ3n) is 3.87. The fourth-order valence-corrected chi connectivity index (χ4v) is 2.95. The van der Waals surface area contributed by atoms with Crippen molar-refractivity contribution in [3.63, 3.8) is 0 Å². The molecule has 1 fully saturated rings. The van der Waals surface area contributed by atoms with E-state index in [0.717, 1.165) is 44.8 Å². The number of hydrogen-bond acceptors (Lipinski definition) is 4. The van der Waals surface area contributed by atoms with Crippen molar-refractivity contribution in [2.75, 3.05) is 39.8 Å². The molecule has 0 saturated carbocycles. The average Bonchev–Trinajstić information content (AvgIpc) is 2.50. The average molecular weight is 324 g/mol. The highest BCUT2D eigenvalue weighted by Gasteiger charge is 2.18. The van der Waals surface area contributed by atoms with Crippen LogP contribution in [0, 0.1) is 5.92 Å². The molecule has 22 heavy (non-hydrogen) atoms. The quantitative estimate of drug-likeness (QED) is 0.780. The highest BCUT2D eigenvalue weighted by Crippen LogP contribution is 2.21. The molecule has 0 amide bonds. The molecule has 1 aromatic carbocycles. The van der Waals surface area contributed by atoms with E-state index in [-0.39, 0.29) is 5.97 Å². The van der Waals surface area contributed by atoms with Crippen LogP contribution in [0.5, 0.6) is 0 Å². The van der Waals surface area contributed by atoms with E-state index in [1.54, 1.807) is 12.1 Å². The van der Waals surface area contributed by atoms with E-state index in [9.17, 15) is 4.79 Å². The van der Waals surface area contributed by atoms with Gasteiger partial charge in [0, 0.05) is 44.3 Å². The van der Waals surface area contributed by atoms with Crippen LogP contribution in [0.1, 0.15) is 29.8 Å². The summed E-state index contributed by atoms with van der Waals surface area (Å²) in [5.41, 5.74) is 1.55. The lowest BCUT2D eigenvalue weighted by Gasteiger charge is -2.35. The van der Waals surface area contributed by atoms with Gasteiger partial charge in [0.2, 0.25) is 0 Å². The zero-order chi connectivity index (χ0) is 16.1. The van der Waals surface area contributed by atoms with Crippen molar-refractivity contribution >= 4 is 17.6 Å². The third kappa shape index (κ3) is 4.70. The van der Waals surface area contributed by atoms with Gasteiger partial charge < -0.3 is 9.64 Å². The molecule has 1 saturated heterocycles. The largest absolute Gasteiger partial charge is 0.465 e. The van der Waals surface area contributed by atoms with Crippen LogP contribution < -0.4 is 0 Å². The second-order valence-electron chi connectivity index (χ2n) is 6.06. The molecular formula is C17H24ClN2O2. The summed E-state index contributed by atoms with van der Waals surface area (Å²) in [6.45, 7) is 10.5. The van der Waals surface area contributed by atoms with Gasteiger partial charge in [-0.1, -0.05) is 31.5 Å². The topological polar surface area (TPSA) is 32.8 Å². The second kappa shape index (κ2) is 7.95. The molecular weight excluding hydrogens is 300 g/mol. The third-order valence-corrected chi connectivity index (χ3v) is 4.22. The lowest BCUT2D eigenvalue weighted by molar-refractivity contribution is 0.0600. The van der Waals surface area contributed by atoms with Gasteiger partial charge in [-0.2, -0.15) is 0 Å². The van der Waals surface area contributed by atoms with Gasteiger partial charge in [0.05, 0.1) is 12.7 Å². The Labute approximate surface area is 138 Å². The molecule has 0 aliphatic carbocycles. The van der Waals surface area contributed by atoms with Gasteiger partial charge in [-0.15, -0.1) is 0 Å². The van der Waals surface area contributed by atoms with E-state index < -0.39 is 0 Å². The van der Waals surface area contributed by atoms with Crippen LogP contribution >= 0.6 is 11.6 Å². The molecule has 1 radical (unpaired) electrons. The van der Waals surface area contributed by atoms with Crippen molar-refractivity contribution in [3.05, 3.63) is 40.3 Å². The Hall–Kier alpha value is -1.10. The maximum Gasteiger partial charge on any atom is 0.337 e. The first-order chi connectivity index (χ1) is 10.5. The number of ether oxygens (including phenoxy) is 1. The smallest absolute Gasteiger partial charge is 0.337 e. The summed E-state index contributed by atoms with van der Waals surface area (Å²) in [6, 6.07) is 5.39. The lowest BCUT2D eigenvalue weighted by atomic mass is 10.1. The number of esters is 1. The van der Waals surface area contributed by atoms with Gasteiger partial charge >= 0.3 is 5.97 Å². The molecule has 0 aromatic heterocycles. The summed E-state index contributed by atoms with van der Waals surface area (Å²) in [6.07, 6.45) is 0. The number of piperazine rings is 1. The first-order valence-corrected chi connectivity index (χ1v) is 7.98. The SMILES string of the molecule is COC(=O)c1ccc(CN2CCN(C[C](C)C)CC2)c(Cl)c1. The number of halogens is 1. The van der Waals surface area contributed by atoms with E-state index in [0.29, 0.717) is 10.6 Å². The van der Waals surface area contributed by atoms with Crippen molar-refractivity contribution in [1.29, 1.82) is 0 Å². The number of methoxy groups -OCH3 is 1. The molecule has 5 heteroatoms. The molecule has 0 N–H and O–H groups in total. The van der Waals surface area contributed by atoms with Crippen LogP contribution in [0.15, 0.2) is 18.2 Å². The van der Waals surface area contributed by atoms with E-state index >= 15 is 0 Å². The molecule has 1 aromatic rings. The van der Waals surface area contributed by atoms with E-state index in [1.165, 1.54) is 13.0 Å². The van der Waals surface area contributed by atoms with Gasteiger partial charge in [0.25, 0.3) is 0 Å². The molecule has 0 atom stereocenters. The van der Waals surface area contributed by atoms with Crippen molar-refractivity contribution in [3.8, 4) is 0 Å². The molecule has 121 valence electrons. The van der Waals surface area contributed by atoms with Crippen LogP contribution in [0.25, 0.3) is 0 Å². The first-order valence-electron chi connectivity index (χ1n) is 7.60. The Morgan fingerprint density at radius 1 is 1.18 bits per heavy atom. The highest BCUT2D eigenvalue weighted by molar-refractivity contribution is 6.31. The number of carbonyl (C=O) groups is 1. The van der Waals surface area contributed by atoms with Crippen molar-refractivity contribution in [1.82, 2.24) is 9.80 Å². The van der Waals surface area contributed by atoms with Crippen LogP contribution in [-0.4, -0.2) is 55.6 Å². The molecule has 1 aliphatic heterocycles. The lowest BCUT2D eigenvalue weighted by Crippen LogP contribution is -2.46. The van der Waals surface area contributed by atoms with E-state index in [1.807, 2.05) is 6.07 Å². The zero-order valence-corrected chi connectivity index (χ0v) is 14.3. The van der Waals surface area contributed by atoms with Crippen molar-refractivity contribution in [2.45, 2.75) is 20.4 Å². The monoisotopic (exact) mass is 323 g/mol. The molecule has 2 rings (SSSR count). The fourth-order valence-electron chi connectivity index (χ4n) is 2.71. The number of nitrogens with zero attached hydrogens (tertiary/aromatic N) is 2. The van der Waals surface area contributed by atoms with Crippen LogP contribution in [0.2, 0.25) is 5.02 Å². The maximum atomic E-state index is 11.5. The summed E-state index contributed by atoms with van der Waals surface area (Å²) in [5.74, 6) is 1.10. The van der Waals surface area contributed by atoms with Crippen LogP contribution in [0.4, 0.5) is 0 Å². The predicted molar refractivity (Wildman–Crippen MR) is 89.1 cm³/mol. The Morgan fingerprint density at radius 3 is 2.36 bits per heavy atom. The fraction of sp³-hybridized carbons (Fsp3) is 0.529. The summed E-state index contributed by atoms with van der Waals surface area (Å²) in [5, 5.41) is 0.628. The summed E-state index contributed by atoms with van der Waals surface area (Å²) in [7, 11) is 1.37. The number of hydrogen-bond donors (Lipinski definition) is 0. The molecule has 1 heterocycles. The molecule has 0 bridgehead atoms. The summed E-state index contributed by atoms with van der Waals surface area (Å²) < 4.78 is 4.71. The minimum Gasteiger partial charge on any atom is -0.465 e. The van der Waals surface area contributed by atoms with E-state index in [4.69, 9.17) is 16.3 Å². The van der Waals surface area contributed by atoms with Crippen LogP contribution in [0.3, 0.4) is 0 Å². The Morgan fingerprint density at radius 2 is 1.82 bits per heavy atom. The molecule has 0 unspecified atom stereocenters. The van der Waals surface area contributed by atoms with Gasteiger partial charge in [0.15, 0.2) is 0 Å². The Kier molecular flexibility index (Phi) is 6.24.